The van der Waals surface area contributed by atoms with Crippen LogP contribution in [0, 0.1) is 0 Å². The highest BCUT2D eigenvalue weighted by molar-refractivity contribution is 9.10. The molecular weight excluding hydrogens is 228 g/mol. The first kappa shape index (κ1) is 8.38. The molecule has 1 heterocycles. The van der Waals surface area contributed by atoms with E-state index >= 15 is 0 Å². The van der Waals surface area contributed by atoms with Gasteiger partial charge in [0.25, 0.3) is 0 Å². The highest BCUT2D eigenvalue weighted by atomic mass is 79.9. The third kappa shape index (κ3) is 1.47. The molecule has 3 N–H and O–H groups in total. The zero-order valence-electron chi connectivity index (χ0n) is 6.92. The largest absolute Gasteiger partial charge is 0.397 e. The van der Waals surface area contributed by atoms with E-state index in [9.17, 15) is 0 Å². The van der Waals surface area contributed by atoms with Crippen molar-refractivity contribution in [3.05, 3.63) is 41.1 Å². The fourth-order valence-corrected chi connectivity index (χ4v) is 1.79. The Balaban J connectivity index is 2.59. The van der Waals surface area contributed by atoms with Crippen molar-refractivity contribution in [1.29, 1.82) is 0 Å². The number of hydrogen-bond acceptors (Lipinski definition) is 1. The van der Waals surface area contributed by atoms with Crippen LogP contribution in [0.15, 0.2) is 41.1 Å². The Morgan fingerprint density at radius 3 is 2.46 bits per heavy atom. The van der Waals surface area contributed by atoms with Crippen molar-refractivity contribution in [3.8, 4) is 11.1 Å². The molecule has 0 saturated heterocycles. The van der Waals surface area contributed by atoms with Crippen molar-refractivity contribution >= 4 is 21.6 Å². The van der Waals surface area contributed by atoms with Gasteiger partial charge >= 0.3 is 0 Å². The first-order chi connectivity index (χ1) is 6.29. The van der Waals surface area contributed by atoms with Gasteiger partial charge < -0.3 is 10.7 Å². The lowest BCUT2D eigenvalue weighted by Gasteiger charge is -2.02. The summed E-state index contributed by atoms with van der Waals surface area (Å²) in [7, 11) is 0. The monoisotopic (exact) mass is 236 g/mol. The quantitative estimate of drug-likeness (QED) is 0.786. The second-order valence-corrected chi connectivity index (χ2v) is 3.66. The summed E-state index contributed by atoms with van der Waals surface area (Å²) in [6, 6.07) is 8.01. The van der Waals surface area contributed by atoms with Crippen LogP contribution in [0.4, 0.5) is 5.69 Å². The number of aromatic nitrogens is 1. The molecule has 0 saturated carbocycles. The van der Waals surface area contributed by atoms with Crippen LogP contribution >= 0.6 is 15.9 Å². The van der Waals surface area contributed by atoms with E-state index in [2.05, 4.69) is 20.9 Å². The molecule has 2 nitrogen and oxygen atoms in total. The Bertz CT molecular complexity index is 420. The number of nitrogens with two attached hydrogens (primary N) is 1. The molecule has 0 atom stereocenters. The summed E-state index contributed by atoms with van der Waals surface area (Å²) in [5, 5.41) is 0. The number of nitrogens with one attached hydrogen (secondary N) is 1. The van der Waals surface area contributed by atoms with Crippen molar-refractivity contribution in [2.45, 2.75) is 0 Å². The predicted octanol–water partition coefficient (Wildman–Crippen LogP) is 3.03. The third-order valence-electron chi connectivity index (χ3n) is 1.94. The maximum Gasteiger partial charge on any atom is 0.0571 e. The second-order valence-electron chi connectivity index (χ2n) is 2.80. The van der Waals surface area contributed by atoms with E-state index in [-0.39, 0.29) is 0 Å². The number of hydrogen-bond donors (Lipinski definition) is 2. The van der Waals surface area contributed by atoms with Crippen LogP contribution in [0.25, 0.3) is 11.1 Å². The van der Waals surface area contributed by atoms with Crippen molar-refractivity contribution in [1.82, 2.24) is 4.98 Å². The molecule has 0 aliphatic carbocycles. The topological polar surface area (TPSA) is 41.8 Å². The fraction of sp³-hybridized carbons (Fsp3) is 0. The maximum absolute atomic E-state index is 5.79. The minimum absolute atomic E-state index is 0.770. The Hall–Kier alpha value is -1.22. The van der Waals surface area contributed by atoms with Crippen LogP contribution in [-0.2, 0) is 0 Å². The van der Waals surface area contributed by atoms with Gasteiger partial charge in [0.2, 0.25) is 0 Å². The van der Waals surface area contributed by atoms with E-state index in [1.54, 1.807) is 6.20 Å². The summed E-state index contributed by atoms with van der Waals surface area (Å²) >= 11 is 3.48. The van der Waals surface area contributed by atoms with E-state index < -0.39 is 0 Å². The van der Waals surface area contributed by atoms with Gasteiger partial charge in [-0.1, -0.05) is 34.1 Å². The molecule has 0 radical (unpaired) electrons. The Morgan fingerprint density at radius 1 is 1.08 bits per heavy atom. The van der Waals surface area contributed by atoms with Gasteiger partial charge in [-0.25, -0.2) is 0 Å². The van der Waals surface area contributed by atoms with E-state index in [1.807, 2.05) is 30.5 Å². The van der Waals surface area contributed by atoms with E-state index in [0.717, 1.165) is 21.3 Å². The second kappa shape index (κ2) is 3.26. The van der Waals surface area contributed by atoms with Crippen molar-refractivity contribution in [2.75, 3.05) is 5.73 Å². The molecule has 1 aromatic carbocycles. The number of anilines is 1. The van der Waals surface area contributed by atoms with Gasteiger partial charge in [-0.15, -0.1) is 0 Å². The van der Waals surface area contributed by atoms with Gasteiger partial charge in [0, 0.05) is 22.4 Å². The lowest BCUT2D eigenvalue weighted by molar-refractivity contribution is 1.41. The minimum atomic E-state index is 0.770. The average Bonchev–Trinajstić information content (AvgIpc) is 2.52. The summed E-state index contributed by atoms with van der Waals surface area (Å²) in [4.78, 5) is 2.98. The Labute approximate surface area is 84.9 Å². The van der Waals surface area contributed by atoms with Crippen molar-refractivity contribution in [2.24, 2.45) is 0 Å². The zero-order valence-corrected chi connectivity index (χ0v) is 8.51. The van der Waals surface area contributed by atoms with Crippen molar-refractivity contribution < 1.29 is 0 Å². The Kier molecular flexibility index (Phi) is 2.10. The average molecular weight is 237 g/mol. The molecular formula is C10H9BrN2. The lowest BCUT2D eigenvalue weighted by Crippen LogP contribution is -1.85. The summed E-state index contributed by atoms with van der Waals surface area (Å²) in [6.45, 7) is 0. The molecule has 0 amide bonds. The van der Waals surface area contributed by atoms with Gasteiger partial charge in [-0.3, -0.25) is 0 Å². The normalized spacial score (nSPS) is 10.2. The molecule has 2 aromatic rings. The van der Waals surface area contributed by atoms with Gasteiger partial charge in [0.05, 0.1) is 5.69 Å². The molecule has 0 aliphatic rings. The van der Waals surface area contributed by atoms with Gasteiger partial charge in [0.1, 0.15) is 0 Å². The highest BCUT2D eigenvalue weighted by Crippen LogP contribution is 2.31. The fourth-order valence-electron chi connectivity index (χ4n) is 1.29. The van der Waals surface area contributed by atoms with Crippen LogP contribution in [0.3, 0.4) is 0 Å². The van der Waals surface area contributed by atoms with Crippen LogP contribution in [0.1, 0.15) is 0 Å². The summed E-state index contributed by atoms with van der Waals surface area (Å²) in [6.07, 6.45) is 3.68. The van der Waals surface area contributed by atoms with E-state index in [1.165, 1.54) is 0 Å². The molecule has 0 spiro atoms. The third-order valence-corrected chi connectivity index (χ3v) is 2.63. The number of benzene rings is 1. The first-order valence-electron chi connectivity index (χ1n) is 3.96. The number of H-pyrrole nitrogens is 1. The molecule has 0 bridgehead atoms. The molecule has 2 rings (SSSR count). The first-order valence-corrected chi connectivity index (χ1v) is 4.75. The van der Waals surface area contributed by atoms with Gasteiger partial charge in [-0.05, 0) is 11.6 Å². The van der Waals surface area contributed by atoms with Crippen LogP contribution < -0.4 is 5.73 Å². The SMILES string of the molecule is Nc1c[nH]cc1-c1ccccc1Br. The van der Waals surface area contributed by atoms with Crippen LogP contribution in [0.2, 0.25) is 0 Å². The molecule has 0 fully saturated rings. The van der Waals surface area contributed by atoms with Crippen molar-refractivity contribution in [3.63, 3.8) is 0 Å². The van der Waals surface area contributed by atoms with E-state index in [0.29, 0.717) is 0 Å². The minimum Gasteiger partial charge on any atom is -0.397 e. The van der Waals surface area contributed by atoms with Gasteiger partial charge in [-0.2, -0.15) is 0 Å². The molecule has 3 heteroatoms. The smallest absolute Gasteiger partial charge is 0.0571 e. The summed E-state index contributed by atoms with van der Waals surface area (Å²) in [5.74, 6) is 0. The molecule has 1 aromatic heterocycles. The molecule has 0 aliphatic heterocycles. The standard InChI is InChI=1S/C10H9BrN2/c11-9-4-2-1-3-7(9)8-5-13-6-10(8)12/h1-6,13H,12H2. The Morgan fingerprint density at radius 2 is 1.85 bits per heavy atom. The summed E-state index contributed by atoms with van der Waals surface area (Å²) in [5.41, 5.74) is 8.71. The zero-order chi connectivity index (χ0) is 9.26. The predicted molar refractivity (Wildman–Crippen MR) is 58.3 cm³/mol. The van der Waals surface area contributed by atoms with Crippen LogP contribution in [-0.4, -0.2) is 4.98 Å². The maximum atomic E-state index is 5.79. The molecule has 0 unspecified atom stereocenters. The molecule has 66 valence electrons. The lowest BCUT2D eigenvalue weighted by atomic mass is 10.1. The van der Waals surface area contributed by atoms with E-state index in [4.69, 9.17) is 5.73 Å². The number of rotatable bonds is 1. The molecule has 13 heavy (non-hydrogen) atoms. The van der Waals surface area contributed by atoms with Crippen LogP contribution in [0.5, 0.6) is 0 Å². The highest BCUT2D eigenvalue weighted by Gasteiger charge is 2.05. The number of halogens is 1. The number of nitrogen functional groups attached to an aromatic ring is 1. The van der Waals surface area contributed by atoms with Gasteiger partial charge in [0.15, 0.2) is 0 Å². The number of aromatic amines is 1. The summed E-state index contributed by atoms with van der Waals surface area (Å²) < 4.78 is 1.06.